The Morgan fingerprint density at radius 1 is 1.12 bits per heavy atom. The van der Waals surface area contributed by atoms with Crippen LogP contribution in [0.25, 0.3) is 11.3 Å². The Morgan fingerprint density at radius 3 is 2.82 bits per heavy atom. The molecule has 10 heteroatoms. The predicted octanol–water partition coefficient (Wildman–Crippen LogP) is 3.41. The van der Waals surface area contributed by atoms with E-state index in [1.54, 1.807) is 24.7 Å². The zero-order valence-electron chi connectivity index (χ0n) is 18.5. The largest absolute Gasteiger partial charge is 0.489 e. The number of hydrogen-bond acceptors (Lipinski definition) is 8. The lowest BCUT2D eigenvalue weighted by Crippen LogP contribution is -2.26. The number of nitrogens with one attached hydrogen (secondary N) is 1. The Balaban J connectivity index is 1.27. The number of benzene rings is 1. The Labute approximate surface area is 196 Å². The van der Waals surface area contributed by atoms with Gasteiger partial charge in [-0.1, -0.05) is 0 Å². The van der Waals surface area contributed by atoms with Gasteiger partial charge in [-0.05, 0) is 30.3 Å². The minimum Gasteiger partial charge on any atom is -0.489 e. The van der Waals surface area contributed by atoms with Crippen molar-refractivity contribution in [3.63, 3.8) is 0 Å². The number of anilines is 2. The van der Waals surface area contributed by atoms with Gasteiger partial charge in [-0.15, -0.1) is 0 Å². The van der Waals surface area contributed by atoms with Gasteiger partial charge in [0.2, 0.25) is 5.95 Å². The second kappa shape index (κ2) is 10.1. The number of hydrogen-bond donors (Lipinski definition) is 1. The maximum Gasteiger partial charge on any atom is 0.227 e. The molecule has 3 aromatic heterocycles. The van der Waals surface area contributed by atoms with Crippen LogP contribution in [0.3, 0.4) is 0 Å². The number of aryl methyl sites for hydroxylation is 2. The van der Waals surface area contributed by atoms with E-state index in [2.05, 4.69) is 31.6 Å². The fraction of sp³-hybridized carbons (Fsp3) is 0.292. The zero-order chi connectivity index (χ0) is 23.2. The summed E-state index contributed by atoms with van der Waals surface area (Å²) < 4.78 is 15.1. The molecule has 0 atom stereocenters. The highest BCUT2D eigenvalue weighted by Gasteiger charge is 2.17. The number of nitriles is 1. The molecule has 172 valence electrons. The molecule has 10 nitrogen and oxygen atoms in total. The fourth-order valence-corrected chi connectivity index (χ4v) is 3.75. The highest BCUT2D eigenvalue weighted by Crippen LogP contribution is 2.28. The van der Waals surface area contributed by atoms with Gasteiger partial charge < -0.3 is 14.8 Å². The summed E-state index contributed by atoms with van der Waals surface area (Å²) in [6, 6.07) is 11.5. The van der Waals surface area contributed by atoms with Crippen molar-refractivity contribution in [3.05, 3.63) is 66.9 Å². The quantitative estimate of drug-likeness (QED) is 0.429. The van der Waals surface area contributed by atoms with Crippen molar-refractivity contribution < 1.29 is 9.47 Å². The van der Waals surface area contributed by atoms with Gasteiger partial charge in [0.15, 0.2) is 0 Å². The van der Waals surface area contributed by atoms with Crippen LogP contribution < -0.4 is 10.1 Å². The molecule has 1 aliphatic rings. The van der Waals surface area contributed by atoms with Crippen molar-refractivity contribution in [1.82, 2.24) is 29.5 Å². The summed E-state index contributed by atoms with van der Waals surface area (Å²) in [4.78, 5) is 8.93. The van der Waals surface area contributed by atoms with Gasteiger partial charge in [0.05, 0.1) is 49.4 Å². The average molecular weight is 457 g/mol. The summed E-state index contributed by atoms with van der Waals surface area (Å²) in [6.07, 6.45) is 10.7. The molecule has 0 unspecified atom stereocenters. The van der Waals surface area contributed by atoms with E-state index < -0.39 is 0 Å². The van der Waals surface area contributed by atoms with Gasteiger partial charge in [0.1, 0.15) is 17.9 Å². The molecule has 1 fully saturated rings. The fourth-order valence-electron chi connectivity index (χ4n) is 3.75. The van der Waals surface area contributed by atoms with Gasteiger partial charge in [0.25, 0.3) is 0 Å². The Morgan fingerprint density at radius 2 is 2.00 bits per heavy atom. The molecule has 1 aliphatic heterocycles. The average Bonchev–Trinajstić information content (AvgIpc) is 3.56. The van der Waals surface area contributed by atoms with E-state index in [4.69, 9.17) is 9.47 Å². The van der Waals surface area contributed by atoms with Gasteiger partial charge in [-0.2, -0.15) is 15.5 Å². The van der Waals surface area contributed by atoms with Crippen LogP contribution in [-0.2, 0) is 17.8 Å². The smallest absolute Gasteiger partial charge is 0.227 e. The lowest BCUT2D eigenvalue weighted by molar-refractivity contribution is 0.0254. The van der Waals surface area contributed by atoms with Crippen molar-refractivity contribution in [2.24, 2.45) is 0 Å². The zero-order valence-corrected chi connectivity index (χ0v) is 18.5. The minimum absolute atomic E-state index is 0.0713. The van der Waals surface area contributed by atoms with Crippen LogP contribution in [0.2, 0.25) is 0 Å². The molecule has 0 saturated carbocycles. The molecule has 5 rings (SSSR count). The molecule has 1 N–H and O–H groups in total. The van der Waals surface area contributed by atoms with Crippen molar-refractivity contribution in [2.75, 3.05) is 18.5 Å². The van der Waals surface area contributed by atoms with Crippen molar-refractivity contribution in [1.29, 1.82) is 5.26 Å². The molecule has 0 radical (unpaired) electrons. The first-order valence-corrected chi connectivity index (χ1v) is 11.2. The molecule has 0 aliphatic carbocycles. The van der Waals surface area contributed by atoms with Crippen molar-refractivity contribution >= 4 is 11.6 Å². The number of aromatic nitrogens is 6. The Bertz CT molecular complexity index is 1270. The Hall–Kier alpha value is -4.23. The van der Waals surface area contributed by atoms with Crippen LogP contribution in [0.4, 0.5) is 11.6 Å². The third-order valence-electron chi connectivity index (χ3n) is 5.52. The molecule has 0 bridgehead atoms. The monoisotopic (exact) mass is 456 g/mol. The third-order valence-corrected chi connectivity index (χ3v) is 5.52. The van der Waals surface area contributed by atoms with Crippen LogP contribution in [0.5, 0.6) is 5.75 Å². The second-order valence-corrected chi connectivity index (χ2v) is 7.90. The first kappa shape index (κ1) is 21.6. The van der Waals surface area contributed by atoms with E-state index in [0.29, 0.717) is 42.7 Å². The summed E-state index contributed by atoms with van der Waals surface area (Å²) in [7, 11) is 0. The third kappa shape index (κ3) is 5.22. The van der Waals surface area contributed by atoms with Crippen molar-refractivity contribution in [3.8, 4) is 23.1 Å². The van der Waals surface area contributed by atoms with Crippen LogP contribution in [0, 0.1) is 11.3 Å². The van der Waals surface area contributed by atoms with E-state index in [1.807, 2.05) is 46.0 Å². The molecule has 1 aromatic carbocycles. The van der Waals surface area contributed by atoms with Crippen molar-refractivity contribution in [2.45, 2.75) is 32.0 Å². The molecule has 1 saturated heterocycles. The maximum atomic E-state index is 9.66. The lowest BCUT2D eigenvalue weighted by atomic mass is 10.1. The molecule has 34 heavy (non-hydrogen) atoms. The van der Waals surface area contributed by atoms with Gasteiger partial charge >= 0.3 is 0 Å². The topological polar surface area (TPSA) is 116 Å². The summed E-state index contributed by atoms with van der Waals surface area (Å²) in [6.45, 7) is 2.80. The summed E-state index contributed by atoms with van der Waals surface area (Å²) in [5.74, 6) is 1.04. The summed E-state index contributed by atoms with van der Waals surface area (Å²) in [5, 5.41) is 21.4. The van der Waals surface area contributed by atoms with Crippen LogP contribution in [-0.4, -0.2) is 48.8 Å². The van der Waals surface area contributed by atoms with E-state index in [1.165, 1.54) is 0 Å². The summed E-state index contributed by atoms with van der Waals surface area (Å²) >= 11 is 0. The first-order chi connectivity index (χ1) is 16.8. The lowest BCUT2D eigenvalue weighted by Gasteiger charge is -2.23. The minimum atomic E-state index is 0.0713. The maximum absolute atomic E-state index is 9.66. The second-order valence-electron chi connectivity index (χ2n) is 7.90. The van der Waals surface area contributed by atoms with Crippen LogP contribution in [0.15, 0.2) is 61.3 Å². The normalized spacial score (nSPS) is 14.0. The Kier molecular flexibility index (Phi) is 6.45. The molecular weight excluding hydrogens is 432 g/mol. The first-order valence-electron chi connectivity index (χ1n) is 11.2. The van der Waals surface area contributed by atoms with E-state index >= 15 is 0 Å². The standard InChI is InChI=1S/C24H24N8O2/c25-15-19-14-18(2-3-23(19)34-21-5-12-33-13-6-21)22-4-8-26-24(30-22)29-20-16-28-32(17-20)11-10-31-9-1-7-27-31/h1-4,7-9,14,16-17,21H,5-6,10-13H2,(H,26,29,30). The highest BCUT2D eigenvalue weighted by molar-refractivity contribution is 5.65. The number of ether oxygens (including phenoxy) is 2. The van der Waals surface area contributed by atoms with Gasteiger partial charge in [0, 0.05) is 43.2 Å². The molecule has 0 spiro atoms. The van der Waals surface area contributed by atoms with E-state index in [0.717, 1.165) is 30.6 Å². The highest BCUT2D eigenvalue weighted by atomic mass is 16.5. The molecular formula is C24H24N8O2. The number of rotatable bonds is 8. The SMILES string of the molecule is N#Cc1cc(-c2ccnc(Nc3cnn(CCn4cccn4)c3)n2)ccc1OC1CCOCC1. The molecule has 0 amide bonds. The molecule has 4 heterocycles. The summed E-state index contributed by atoms with van der Waals surface area (Å²) in [5.41, 5.74) is 2.79. The number of nitrogens with zero attached hydrogens (tertiary/aromatic N) is 7. The van der Waals surface area contributed by atoms with E-state index in [9.17, 15) is 5.26 Å². The van der Waals surface area contributed by atoms with E-state index in [-0.39, 0.29) is 6.10 Å². The van der Waals surface area contributed by atoms with Crippen LogP contribution >= 0.6 is 0 Å². The predicted molar refractivity (Wildman–Crippen MR) is 124 cm³/mol. The molecule has 4 aromatic rings. The van der Waals surface area contributed by atoms with Gasteiger partial charge in [-0.25, -0.2) is 9.97 Å². The van der Waals surface area contributed by atoms with Gasteiger partial charge in [-0.3, -0.25) is 9.36 Å². The van der Waals surface area contributed by atoms with Crippen LogP contribution in [0.1, 0.15) is 18.4 Å².